The molecule has 0 heterocycles. The van der Waals surface area contributed by atoms with Crippen LogP contribution in [0.15, 0.2) is 54.3 Å². The molecule has 0 atom stereocenters. The van der Waals surface area contributed by atoms with E-state index in [1.54, 1.807) is 0 Å². The molecule has 2 rings (SSSR count). The topological polar surface area (TPSA) is 3.24 Å². The quantitative estimate of drug-likeness (QED) is 0.716. The van der Waals surface area contributed by atoms with Gasteiger partial charge in [-0.2, -0.15) is 0 Å². The number of likely N-dealkylation sites (N-methyl/N-ethyl adjacent to an activating group) is 1. The van der Waals surface area contributed by atoms with Gasteiger partial charge in [-0.1, -0.05) is 30.4 Å². The van der Waals surface area contributed by atoms with E-state index in [0.29, 0.717) is 0 Å². The van der Waals surface area contributed by atoms with E-state index in [4.69, 9.17) is 0 Å². The summed E-state index contributed by atoms with van der Waals surface area (Å²) in [5.74, 6) is 0. The average molecular weight is 199 g/mol. The van der Waals surface area contributed by atoms with Crippen LogP contribution in [0, 0.1) is 0 Å². The fourth-order valence-corrected chi connectivity index (χ4v) is 1.92. The largest absolute Gasteiger partial charge is 0.342 e. The van der Waals surface area contributed by atoms with Gasteiger partial charge in [-0.15, -0.1) is 0 Å². The number of anilines is 1. The Morgan fingerprint density at radius 3 is 2.53 bits per heavy atom. The molecule has 0 amide bonds. The normalized spacial score (nSPS) is 14.9. The van der Waals surface area contributed by atoms with E-state index >= 15 is 0 Å². The van der Waals surface area contributed by atoms with Crippen molar-refractivity contribution in [3.05, 3.63) is 54.3 Å². The predicted octanol–water partition coefficient (Wildman–Crippen LogP) is 3.75. The van der Waals surface area contributed by atoms with Gasteiger partial charge in [0.25, 0.3) is 0 Å². The number of rotatable bonds is 3. The van der Waals surface area contributed by atoms with E-state index in [0.717, 1.165) is 13.0 Å². The molecule has 0 unspecified atom stereocenters. The summed E-state index contributed by atoms with van der Waals surface area (Å²) in [6.07, 6.45) is 9.13. The Labute approximate surface area is 91.7 Å². The molecule has 1 heteroatoms. The zero-order chi connectivity index (χ0) is 10.5. The van der Waals surface area contributed by atoms with Crippen LogP contribution in [0.25, 0.3) is 0 Å². The second kappa shape index (κ2) is 4.83. The molecule has 15 heavy (non-hydrogen) atoms. The molecular weight excluding hydrogens is 182 g/mol. The first kappa shape index (κ1) is 10.0. The van der Waals surface area contributed by atoms with Crippen molar-refractivity contribution in [3.63, 3.8) is 0 Å². The molecule has 0 bridgehead atoms. The third-order valence-corrected chi connectivity index (χ3v) is 2.67. The zero-order valence-corrected chi connectivity index (χ0v) is 9.19. The SMILES string of the molecule is CCN(C1=CCCC=C1)c1ccccc1. The molecule has 1 aliphatic carbocycles. The van der Waals surface area contributed by atoms with Crippen LogP contribution in [0.2, 0.25) is 0 Å². The average Bonchev–Trinajstić information content (AvgIpc) is 2.33. The van der Waals surface area contributed by atoms with Gasteiger partial charge in [0.15, 0.2) is 0 Å². The molecule has 1 aliphatic rings. The highest BCUT2D eigenvalue weighted by molar-refractivity contribution is 5.54. The Morgan fingerprint density at radius 1 is 1.13 bits per heavy atom. The molecule has 0 radical (unpaired) electrons. The van der Waals surface area contributed by atoms with Crippen LogP contribution in [-0.2, 0) is 0 Å². The summed E-state index contributed by atoms with van der Waals surface area (Å²) in [7, 11) is 0. The second-order valence-corrected chi connectivity index (χ2v) is 3.69. The van der Waals surface area contributed by atoms with Crippen molar-refractivity contribution in [1.82, 2.24) is 0 Å². The molecule has 0 aliphatic heterocycles. The molecule has 0 fully saturated rings. The van der Waals surface area contributed by atoms with Gasteiger partial charge in [-0.25, -0.2) is 0 Å². The van der Waals surface area contributed by atoms with Crippen molar-refractivity contribution < 1.29 is 0 Å². The van der Waals surface area contributed by atoms with E-state index in [2.05, 4.69) is 60.4 Å². The highest BCUT2D eigenvalue weighted by Crippen LogP contribution is 2.22. The second-order valence-electron chi connectivity index (χ2n) is 3.69. The Bertz CT molecular complexity index is 362. The van der Waals surface area contributed by atoms with Gasteiger partial charge in [0.1, 0.15) is 0 Å². The van der Waals surface area contributed by atoms with E-state index in [-0.39, 0.29) is 0 Å². The highest BCUT2D eigenvalue weighted by atomic mass is 15.1. The van der Waals surface area contributed by atoms with Crippen LogP contribution in [0.3, 0.4) is 0 Å². The fraction of sp³-hybridized carbons (Fsp3) is 0.286. The van der Waals surface area contributed by atoms with Crippen molar-refractivity contribution in [2.45, 2.75) is 19.8 Å². The maximum absolute atomic E-state index is 2.34. The summed E-state index contributed by atoms with van der Waals surface area (Å²) in [6.45, 7) is 3.20. The zero-order valence-electron chi connectivity index (χ0n) is 9.19. The van der Waals surface area contributed by atoms with Gasteiger partial charge in [0.2, 0.25) is 0 Å². The smallest absolute Gasteiger partial charge is 0.0410 e. The summed E-state index contributed by atoms with van der Waals surface area (Å²) in [5.41, 5.74) is 2.60. The lowest BCUT2D eigenvalue weighted by atomic mass is 10.1. The molecule has 1 aromatic carbocycles. The Kier molecular flexibility index (Phi) is 3.23. The minimum atomic E-state index is 1.01. The van der Waals surface area contributed by atoms with E-state index in [9.17, 15) is 0 Å². The van der Waals surface area contributed by atoms with Gasteiger partial charge in [0, 0.05) is 17.9 Å². The lowest BCUT2D eigenvalue weighted by Crippen LogP contribution is -2.21. The first-order valence-electron chi connectivity index (χ1n) is 5.61. The molecule has 0 saturated carbocycles. The summed E-state index contributed by atoms with van der Waals surface area (Å²) >= 11 is 0. The maximum atomic E-state index is 2.34. The number of hydrogen-bond donors (Lipinski definition) is 0. The summed E-state index contributed by atoms with van der Waals surface area (Å²) in [4.78, 5) is 2.34. The molecule has 0 N–H and O–H groups in total. The molecular formula is C14H17N. The molecule has 0 saturated heterocycles. The van der Waals surface area contributed by atoms with E-state index < -0.39 is 0 Å². The number of para-hydroxylation sites is 1. The molecule has 78 valence electrons. The van der Waals surface area contributed by atoms with Gasteiger partial charge in [-0.3, -0.25) is 0 Å². The predicted molar refractivity (Wildman–Crippen MR) is 65.9 cm³/mol. The van der Waals surface area contributed by atoms with Crippen LogP contribution < -0.4 is 4.90 Å². The number of benzene rings is 1. The van der Waals surface area contributed by atoms with Crippen molar-refractivity contribution in [2.24, 2.45) is 0 Å². The van der Waals surface area contributed by atoms with Gasteiger partial charge in [0.05, 0.1) is 0 Å². The third-order valence-electron chi connectivity index (χ3n) is 2.67. The minimum Gasteiger partial charge on any atom is -0.342 e. The standard InChI is InChI=1S/C14H17N/c1-2-15(13-9-5-3-6-10-13)14-11-7-4-8-12-14/h3,5-7,9-12H,2,4,8H2,1H3. The van der Waals surface area contributed by atoms with Crippen molar-refractivity contribution in [2.75, 3.05) is 11.4 Å². The van der Waals surface area contributed by atoms with E-state index in [1.165, 1.54) is 17.8 Å². The van der Waals surface area contributed by atoms with Crippen LogP contribution in [0.4, 0.5) is 5.69 Å². The molecule has 1 aromatic rings. The lowest BCUT2D eigenvalue weighted by Gasteiger charge is -2.25. The molecule has 0 spiro atoms. The number of allylic oxidation sites excluding steroid dienone is 3. The first-order valence-corrected chi connectivity index (χ1v) is 5.61. The monoisotopic (exact) mass is 199 g/mol. The number of nitrogens with zero attached hydrogens (tertiary/aromatic N) is 1. The van der Waals surface area contributed by atoms with Crippen LogP contribution in [0.5, 0.6) is 0 Å². The summed E-state index contributed by atoms with van der Waals surface area (Å²) < 4.78 is 0. The van der Waals surface area contributed by atoms with Gasteiger partial charge >= 0.3 is 0 Å². The first-order chi connectivity index (χ1) is 7.42. The maximum Gasteiger partial charge on any atom is 0.0410 e. The fourth-order valence-electron chi connectivity index (χ4n) is 1.92. The van der Waals surface area contributed by atoms with Crippen LogP contribution >= 0.6 is 0 Å². The lowest BCUT2D eigenvalue weighted by molar-refractivity contribution is 0.929. The Hall–Kier alpha value is -1.50. The van der Waals surface area contributed by atoms with Gasteiger partial charge in [-0.05, 0) is 38.0 Å². The molecule has 0 aromatic heterocycles. The molecule has 1 nitrogen and oxygen atoms in total. The van der Waals surface area contributed by atoms with Crippen molar-refractivity contribution >= 4 is 5.69 Å². The Morgan fingerprint density at radius 2 is 1.93 bits per heavy atom. The van der Waals surface area contributed by atoms with Crippen molar-refractivity contribution in [3.8, 4) is 0 Å². The van der Waals surface area contributed by atoms with Crippen LogP contribution in [-0.4, -0.2) is 6.54 Å². The number of hydrogen-bond acceptors (Lipinski definition) is 1. The summed E-state index contributed by atoms with van der Waals surface area (Å²) in [5, 5.41) is 0. The minimum absolute atomic E-state index is 1.01. The summed E-state index contributed by atoms with van der Waals surface area (Å²) in [6, 6.07) is 10.6. The van der Waals surface area contributed by atoms with Crippen LogP contribution in [0.1, 0.15) is 19.8 Å². The van der Waals surface area contributed by atoms with E-state index in [1.807, 2.05) is 0 Å². The van der Waals surface area contributed by atoms with Crippen molar-refractivity contribution in [1.29, 1.82) is 0 Å². The third kappa shape index (κ3) is 2.30. The highest BCUT2D eigenvalue weighted by Gasteiger charge is 2.08. The van der Waals surface area contributed by atoms with Gasteiger partial charge < -0.3 is 4.90 Å². The Balaban J connectivity index is 2.24.